The van der Waals surface area contributed by atoms with Crippen LogP contribution in [-0.4, -0.2) is 48.1 Å². The molecule has 0 saturated carbocycles. The smallest absolute Gasteiger partial charge is 0.361 e. The molecular formula is C18H32F3N3O2. The van der Waals surface area contributed by atoms with E-state index in [1.165, 1.54) is 12.3 Å². The molecule has 1 unspecified atom stereocenters. The van der Waals surface area contributed by atoms with Gasteiger partial charge in [0.25, 0.3) is 0 Å². The monoisotopic (exact) mass is 379 g/mol. The van der Waals surface area contributed by atoms with Crippen LogP contribution >= 0.6 is 0 Å². The van der Waals surface area contributed by atoms with E-state index in [-0.39, 0.29) is 18.2 Å². The molecule has 0 spiro atoms. The van der Waals surface area contributed by atoms with Crippen LogP contribution < -0.4 is 10.6 Å². The first-order valence-electron chi connectivity index (χ1n) is 8.97. The summed E-state index contributed by atoms with van der Waals surface area (Å²) in [7, 11) is 0. The fraction of sp³-hybridized carbons (Fsp3) is 0.722. The van der Waals surface area contributed by atoms with E-state index in [1.807, 2.05) is 20.8 Å². The Morgan fingerprint density at radius 2 is 2.00 bits per heavy atom. The molecule has 0 aromatic carbocycles. The van der Waals surface area contributed by atoms with E-state index in [4.69, 9.17) is 0 Å². The molecule has 0 saturated heterocycles. The van der Waals surface area contributed by atoms with Crippen molar-refractivity contribution in [3.63, 3.8) is 0 Å². The highest BCUT2D eigenvalue weighted by molar-refractivity contribution is 5.78. The number of carbonyl (C=O) groups excluding carboxylic acids is 1. The van der Waals surface area contributed by atoms with Crippen molar-refractivity contribution in [1.29, 1.82) is 0 Å². The van der Waals surface area contributed by atoms with Gasteiger partial charge in [0.05, 0.1) is 5.92 Å². The zero-order chi connectivity index (χ0) is 20.2. The van der Waals surface area contributed by atoms with Crippen molar-refractivity contribution in [2.45, 2.75) is 52.6 Å². The van der Waals surface area contributed by atoms with E-state index >= 15 is 0 Å². The fourth-order valence-electron chi connectivity index (χ4n) is 2.22. The number of rotatable bonds is 13. The van der Waals surface area contributed by atoms with Gasteiger partial charge in [-0.2, -0.15) is 13.2 Å². The lowest BCUT2D eigenvalue weighted by atomic mass is 10.1. The Morgan fingerprint density at radius 3 is 2.50 bits per heavy atom. The summed E-state index contributed by atoms with van der Waals surface area (Å²) in [5.74, 6) is -1.48. The first-order chi connectivity index (χ1) is 12.2. The molecule has 5 nitrogen and oxygen atoms in total. The Morgan fingerprint density at radius 1 is 1.35 bits per heavy atom. The van der Waals surface area contributed by atoms with Crippen LogP contribution in [-0.2, 0) is 4.79 Å². The van der Waals surface area contributed by atoms with Crippen molar-refractivity contribution in [1.82, 2.24) is 15.5 Å². The molecule has 3 N–H and O–H groups in total. The lowest BCUT2D eigenvalue weighted by Crippen LogP contribution is -2.41. The number of hydrogen-bond donors (Lipinski definition) is 3. The fourth-order valence-corrected chi connectivity index (χ4v) is 2.22. The summed E-state index contributed by atoms with van der Waals surface area (Å²) in [6.07, 6.45) is -0.733. The number of alkyl halides is 3. The van der Waals surface area contributed by atoms with Crippen LogP contribution in [0.2, 0.25) is 0 Å². The van der Waals surface area contributed by atoms with Gasteiger partial charge in [0.1, 0.15) is 0 Å². The SMILES string of the molecule is C=C[C@H](C/C=C/N[C@H](O)NCCCN(CC)C(=O)C(C)CC)C(F)(F)F. The van der Waals surface area contributed by atoms with Gasteiger partial charge >= 0.3 is 6.18 Å². The van der Waals surface area contributed by atoms with Crippen LogP contribution in [0.4, 0.5) is 13.2 Å². The molecule has 152 valence electrons. The van der Waals surface area contributed by atoms with Crippen molar-refractivity contribution in [3.05, 3.63) is 24.9 Å². The molecule has 0 radical (unpaired) electrons. The minimum Gasteiger partial charge on any atom is -0.361 e. The number of aliphatic hydroxyl groups is 1. The Kier molecular flexibility index (Phi) is 12.0. The molecule has 0 fully saturated rings. The Balaban J connectivity index is 4.05. The van der Waals surface area contributed by atoms with E-state index in [1.54, 1.807) is 4.90 Å². The normalized spacial score (nSPS) is 15.5. The lowest BCUT2D eigenvalue weighted by Gasteiger charge is -2.24. The van der Waals surface area contributed by atoms with Crippen LogP contribution in [0.1, 0.15) is 40.0 Å². The van der Waals surface area contributed by atoms with E-state index in [0.29, 0.717) is 26.1 Å². The summed E-state index contributed by atoms with van der Waals surface area (Å²) in [5.41, 5.74) is 0. The molecule has 3 atom stereocenters. The van der Waals surface area contributed by atoms with Crippen LogP contribution in [0.5, 0.6) is 0 Å². The van der Waals surface area contributed by atoms with Gasteiger partial charge in [-0.15, -0.1) is 6.58 Å². The van der Waals surface area contributed by atoms with E-state index in [2.05, 4.69) is 17.2 Å². The molecule has 26 heavy (non-hydrogen) atoms. The van der Waals surface area contributed by atoms with Crippen LogP contribution in [0.3, 0.4) is 0 Å². The third kappa shape index (κ3) is 9.82. The van der Waals surface area contributed by atoms with Crippen molar-refractivity contribution < 1.29 is 23.1 Å². The molecule has 0 rings (SSSR count). The number of hydrogen-bond acceptors (Lipinski definition) is 4. The quantitative estimate of drug-likeness (QED) is 0.262. The average Bonchev–Trinajstić information content (AvgIpc) is 2.59. The first-order valence-corrected chi connectivity index (χ1v) is 8.97. The molecule has 0 aliphatic rings. The van der Waals surface area contributed by atoms with Gasteiger partial charge in [0.15, 0.2) is 6.35 Å². The molecule has 0 bridgehead atoms. The number of amides is 1. The van der Waals surface area contributed by atoms with Crippen LogP contribution in [0.15, 0.2) is 24.9 Å². The van der Waals surface area contributed by atoms with Crippen molar-refractivity contribution >= 4 is 5.91 Å². The maximum atomic E-state index is 12.5. The summed E-state index contributed by atoms with van der Waals surface area (Å²) in [4.78, 5) is 13.9. The molecule has 0 heterocycles. The number of nitrogens with zero attached hydrogens (tertiary/aromatic N) is 1. The largest absolute Gasteiger partial charge is 0.395 e. The predicted molar refractivity (Wildman–Crippen MR) is 97.0 cm³/mol. The number of carbonyl (C=O) groups is 1. The average molecular weight is 379 g/mol. The molecule has 8 heteroatoms. The molecule has 0 aliphatic carbocycles. The van der Waals surface area contributed by atoms with Gasteiger partial charge in [0.2, 0.25) is 5.91 Å². The van der Waals surface area contributed by atoms with E-state index in [0.717, 1.165) is 12.5 Å². The summed E-state index contributed by atoms with van der Waals surface area (Å²) in [6, 6.07) is 0. The van der Waals surface area contributed by atoms with Gasteiger partial charge in [-0.3, -0.25) is 10.1 Å². The second-order valence-corrected chi connectivity index (χ2v) is 6.13. The summed E-state index contributed by atoms with van der Waals surface area (Å²) in [6.45, 7) is 10.7. The van der Waals surface area contributed by atoms with Crippen LogP contribution in [0.25, 0.3) is 0 Å². The van der Waals surface area contributed by atoms with E-state index < -0.39 is 18.4 Å². The summed E-state index contributed by atoms with van der Waals surface area (Å²) < 4.78 is 37.6. The zero-order valence-corrected chi connectivity index (χ0v) is 15.9. The topological polar surface area (TPSA) is 64.6 Å². The van der Waals surface area contributed by atoms with Gasteiger partial charge in [-0.05, 0) is 32.4 Å². The molecular weight excluding hydrogens is 347 g/mol. The zero-order valence-electron chi connectivity index (χ0n) is 15.9. The molecule has 0 aromatic heterocycles. The first kappa shape index (κ1) is 24.5. The lowest BCUT2D eigenvalue weighted by molar-refractivity contribution is -0.160. The number of aliphatic hydroxyl groups excluding tert-OH is 1. The van der Waals surface area contributed by atoms with Crippen molar-refractivity contribution in [2.75, 3.05) is 19.6 Å². The van der Waals surface area contributed by atoms with Gasteiger partial charge in [0, 0.05) is 25.6 Å². The second kappa shape index (κ2) is 12.8. The Bertz CT molecular complexity index is 442. The maximum Gasteiger partial charge on any atom is 0.395 e. The standard InChI is InChI=1S/C18H32F3N3O2/c1-5-14(4)16(25)24(7-3)13-9-12-23-17(26)22-11-8-10-15(6-2)18(19,20)21/h6,8,11,14-15,17,22-23,26H,2,5,7,9-10,12-13H2,1,3-4H3/b11-8+/t14?,15-,17+/m1/s1. The summed E-state index contributed by atoms with van der Waals surface area (Å²) >= 11 is 0. The predicted octanol–water partition coefficient (Wildman–Crippen LogP) is 2.99. The highest BCUT2D eigenvalue weighted by Gasteiger charge is 2.36. The number of halogens is 3. The van der Waals surface area contributed by atoms with Crippen molar-refractivity contribution in [2.24, 2.45) is 11.8 Å². The third-order valence-corrected chi connectivity index (χ3v) is 4.14. The molecule has 1 amide bonds. The molecule has 0 aliphatic heterocycles. The third-order valence-electron chi connectivity index (χ3n) is 4.14. The Hall–Kier alpha value is -1.54. The van der Waals surface area contributed by atoms with Crippen molar-refractivity contribution in [3.8, 4) is 0 Å². The highest BCUT2D eigenvalue weighted by Crippen LogP contribution is 2.29. The maximum absolute atomic E-state index is 12.5. The number of allylic oxidation sites excluding steroid dienone is 2. The van der Waals surface area contributed by atoms with Crippen LogP contribution in [0, 0.1) is 11.8 Å². The highest BCUT2D eigenvalue weighted by atomic mass is 19.4. The van der Waals surface area contributed by atoms with Gasteiger partial charge in [-0.1, -0.05) is 26.0 Å². The minimum atomic E-state index is -4.32. The van der Waals surface area contributed by atoms with Gasteiger partial charge < -0.3 is 15.3 Å². The Labute approximate surface area is 154 Å². The summed E-state index contributed by atoms with van der Waals surface area (Å²) in [5, 5.41) is 15.0. The number of nitrogens with one attached hydrogen (secondary N) is 2. The second-order valence-electron chi connectivity index (χ2n) is 6.13. The molecule has 0 aromatic rings. The minimum absolute atomic E-state index is 0.00334. The van der Waals surface area contributed by atoms with E-state index in [9.17, 15) is 23.1 Å². The van der Waals surface area contributed by atoms with Gasteiger partial charge in [-0.25, -0.2) is 0 Å².